The van der Waals surface area contributed by atoms with Crippen molar-refractivity contribution < 1.29 is 18.7 Å². The standard InChI is InChI=1S/C24H22FN5O3/c25-20-17(8-14-12-3-5-13(6-4-12)19(14)24(31)32)29-23(30-21(20)18-2-1-7-33-18)16-10-27-22-15(16)9-26-11-28-22/h1-2,7,9-14,19H,3-6,8H2,(H,31,32)(H,26,27,28). The number of halogens is 1. The lowest BCUT2D eigenvalue weighted by Crippen LogP contribution is -2.45. The largest absolute Gasteiger partial charge is 0.481 e. The first-order valence-electron chi connectivity index (χ1n) is 11.2. The first-order chi connectivity index (χ1) is 16.1. The number of fused-ring (bicyclic) bond motifs is 4. The molecule has 0 aliphatic heterocycles. The van der Waals surface area contributed by atoms with Crippen molar-refractivity contribution in [3.05, 3.63) is 48.6 Å². The Balaban J connectivity index is 1.48. The van der Waals surface area contributed by atoms with Crippen molar-refractivity contribution in [3.63, 3.8) is 0 Å². The lowest BCUT2D eigenvalue weighted by molar-refractivity contribution is -0.152. The molecule has 0 amide bonds. The van der Waals surface area contributed by atoms with Crippen LogP contribution in [0.3, 0.4) is 0 Å². The van der Waals surface area contributed by atoms with Crippen LogP contribution in [0, 0.1) is 29.5 Å². The van der Waals surface area contributed by atoms with Crippen molar-refractivity contribution in [1.29, 1.82) is 0 Å². The van der Waals surface area contributed by atoms with Crippen LogP contribution in [0.4, 0.5) is 4.39 Å². The van der Waals surface area contributed by atoms with Gasteiger partial charge >= 0.3 is 5.97 Å². The van der Waals surface area contributed by atoms with E-state index < -0.39 is 17.7 Å². The van der Waals surface area contributed by atoms with Crippen molar-refractivity contribution in [2.45, 2.75) is 32.1 Å². The molecule has 3 aliphatic carbocycles. The molecule has 0 saturated heterocycles. The third-order valence-electron chi connectivity index (χ3n) is 7.38. The van der Waals surface area contributed by atoms with Gasteiger partial charge in [0.2, 0.25) is 0 Å². The maximum absolute atomic E-state index is 15.7. The molecule has 7 rings (SSSR count). The highest BCUT2D eigenvalue weighted by molar-refractivity contribution is 5.91. The molecule has 2 N–H and O–H groups in total. The first-order valence-corrected chi connectivity index (χ1v) is 11.2. The Bertz CT molecular complexity index is 1330. The summed E-state index contributed by atoms with van der Waals surface area (Å²) in [5.41, 5.74) is 1.57. The van der Waals surface area contributed by atoms with Crippen LogP contribution in [-0.4, -0.2) is 36.0 Å². The second-order valence-electron chi connectivity index (χ2n) is 9.03. The fourth-order valence-electron chi connectivity index (χ4n) is 5.85. The number of carboxylic acids is 1. The van der Waals surface area contributed by atoms with Crippen LogP contribution >= 0.6 is 0 Å². The number of hydrogen-bond acceptors (Lipinski definition) is 6. The lowest BCUT2D eigenvalue weighted by Gasteiger charge is -2.46. The summed E-state index contributed by atoms with van der Waals surface area (Å²) in [5, 5.41) is 10.7. The van der Waals surface area contributed by atoms with E-state index in [1.807, 2.05) is 0 Å². The summed E-state index contributed by atoms with van der Waals surface area (Å²) in [6.07, 6.45) is 10.4. The number of aliphatic carboxylic acids is 1. The molecule has 3 aliphatic rings. The Kier molecular flexibility index (Phi) is 4.70. The molecule has 3 saturated carbocycles. The molecule has 2 unspecified atom stereocenters. The van der Waals surface area contributed by atoms with Crippen LogP contribution in [0.15, 0.2) is 41.5 Å². The van der Waals surface area contributed by atoms with Crippen LogP contribution in [0.2, 0.25) is 0 Å². The van der Waals surface area contributed by atoms with Gasteiger partial charge in [-0.1, -0.05) is 0 Å². The molecule has 168 valence electrons. The number of aromatic amines is 1. The van der Waals surface area contributed by atoms with Gasteiger partial charge < -0.3 is 14.5 Å². The molecule has 2 bridgehead atoms. The summed E-state index contributed by atoms with van der Waals surface area (Å²) < 4.78 is 21.2. The van der Waals surface area contributed by atoms with E-state index in [0.29, 0.717) is 22.8 Å². The minimum atomic E-state index is -0.788. The number of rotatable bonds is 5. The summed E-state index contributed by atoms with van der Waals surface area (Å²) >= 11 is 0. The monoisotopic (exact) mass is 447 g/mol. The van der Waals surface area contributed by atoms with Gasteiger partial charge in [0.15, 0.2) is 17.4 Å². The third-order valence-corrected chi connectivity index (χ3v) is 7.38. The highest BCUT2D eigenvalue weighted by Gasteiger charge is 2.47. The molecule has 0 aromatic carbocycles. The van der Waals surface area contributed by atoms with Crippen LogP contribution in [-0.2, 0) is 11.2 Å². The van der Waals surface area contributed by atoms with Crippen molar-refractivity contribution in [3.8, 4) is 22.8 Å². The normalized spacial score (nSPS) is 24.4. The maximum atomic E-state index is 15.7. The molecular formula is C24H22FN5O3. The molecule has 4 aromatic heterocycles. The Hall–Kier alpha value is -3.62. The minimum absolute atomic E-state index is 0.0686. The molecule has 2 atom stereocenters. The topological polar surface area (TPSA) is 118 Å². The van der Waals surface area contributed by atoms with Gasteiger partial charge in [0.05, 0.1) is 17.9 Å². The quantitative estimate of drug-likeness (QED) is 0.463. The zero-order valence-electron chi connectivity index (χ0n) is 17.7. The zero-order chi connectivity index (χ0) is 22.5. The van der Waals surface area contributed by atoms with Crippen molar-refractivity contribution in [2.24, 2.45) is 23.7 Å². The van der Waals surface area contributed by atoms with E-state index in [1.165, 1.54) is 12.6 Å². The lowest BCUT2D eigenvalue weighted by atomic mass is 9.57. The summed E-state index contributed by atoms with van der Waals surface area (Å²) in [5.74, 6) is -0.925. The average Bonchev–Trinajstić information content (AvgIpc) is 3.51. The van der Waals surface area contributed by atoms with Gasteiger partial charge in [0.25, 0.3) is 0 Å². The Morgan fingerprint density at radius 1 is 1.21 bits per heavy atom. The van der Waals surface area contributed by atoms with Gasteiger partial charge in [-0.3, -0.25) is 4.79 Å². The number of H-pyrrole nitrogens is 1. The number of nitrogens with one attached hydrogen (secondary N) is 1. The Labute approximate surface area is 188 Å². The predicted octanol–water partition coefficient (Wildman–Crippen LogP) is 4.49. The number of hydrogen-bond donors (Lipinski definition) is 2. The predicted molar refractivity (Wildman–Crippen MR) is 116 cm³/mol. The number of furan rings is 1. The van der Waals surface area contributed by atoms with E-state index in [1.54, 1.807) is 24.5 Å². The second kappa shape index (κ2) is 7.75. The summed E-state index contributed by atoms with van der Waals surface area (Å²) in [6, 6.07) is 3.33. The molecule has 33 heavy (non-hydrogen) atoms. The van der Waals surface area contributed by atoms with Gasteiger partial charge in [0, 0.05) is 23.3 Å². The summed E-state index contributed by atoms with van der Waals surface area (Å²) in [6.45, 7) is 0. The van der Waals surface area contributed by atoms with Crippen LogP contribution in [0.1, 0.15) is 31.4 Å². The molecule has 8 nitrogen and oxygen atoms in total. The van der Waals surface area contributed by atoms with E-state index in [0.717, 1.165) is 31.1 Å². The fraction of sp³-hybridized carbons (Fsp3) is 0.375. The van der Waals surface area contributed by atoms with Gasteiger partial charge in [-0.2, -0.15) is 0 Å². The first kappa shape index (κ1) is 20.0. The van der Waals surface area contributed by atoms with E-state index in [-0.39, 0.29) is 35.6 Å². The highest BCUT2D eigenvalue weighted by Crippen LogP contribution is 2.50. The van der Waals surface area contributed by atoms with E-state index in [2.05, 4.69) is 24.9 Å². The highest BCUT2D eigenvalue weighted by atomic mass is 19.1. The molecular weight excluding hydrogens is 425 g/mol. The fourth-order valence-corrected chi connectivity index (χ4v) is 5.85. The third kappa shape index (κ3) is 3.30. The summed E-state index contributed by atoms with van der Waals surface area (Å²) in [7, 11) is 0. The summed E-state index contributed by atoms with van der Waals surface area (Å²) in [4.78, 5) is 32.6. The van der Waals surface area contributed by atoms with E-state index in [9.17, 15) is 9.90 Å². The van der Waals surface area contributed by atoms with Gasteiger partial charge in [0.1, 0.15) is 17.7 Å². The zero-order valence-corrected chi connectivity index (χ0v) is 17.7. The van der Waals surface area contributed by atoms with Gasteiger partial charge in [-0.25, -0.2) is 24.3 Å². The number of carboxylic acid groups (broad SMARTS) is 1. The smallest absolute Gasteiger partial charge is 0.307 e. The average molecular weight is 447 g/mol. The number of carbonyl (C=O) groups is 1. The Morgan fingerprint density at radius 3 is 2.79 bits per heavy atom. The molecule has 9 heteroatoms. The second-order valence-corrected chi connectivity index (χ2v) is 9.03. The number of nitrogens with zero attached hydrogens (tertiary/aromatic N) is 4. The van der Waals surface area contributed by atoms with Gasteiger partial charge in [-0.15, -0.1) is 0 Å². The van der Waals surface area contributed by atoms with E-state index in [4.69, 9.17) is 4.42 Å². The van der Waals surface area contributed by atoms with Crippen LogP contribution in [0.25, 0.3) is 33.9 Å². The SMILES string of the molecule is O=C(O)C1C2CCC(CC2)C1Cc1nc(-c2c[nH]c3ncncc23)nc(-c2ccco2)c1F. The van der Waals surface area contributed by atoms with Crippen molar-refractivity contribution in [1.82, 2.24) is 24.9 Å². The van der Waals surface area contributed by atoms with Crippen LogP contribution in [0.5, 0.6) is 0 Å². The minimum Gasteiger partial charge on any atom is -0.481 e. The van der Waals surface area contributed by atoms with E-state index >= 15 is 4.39 Å². The van der Waals surface area contributed by atoms with Gasteiger partial charge in [-0.05, 0) is 62.0 Å². The van der Waals surface area contributed by atoms with Crippen molar-refractivity contribution >= 4 is 17.0 Å². The molecule has 0 radical (unpaired) electrons. The Morgan fingerprint density at radius 2 is 2.03 bits per heavy atom. The molecule has 4 heterocycles. The maximum Gasteiger partial charge on any atom is 0.307 e. The number of aromatic nitrogens is 5. The van der Waals surface area contributed by atoms with Crippen molar-refractivity contribution in [2.75, 3.05) is 0 Å². The molecule has 4 aromatic rings. The van der Waals surface area contributed by atoms with Crippen LogP contribution < -0.4 is 0 Å². The molecule has 3 fully saturated rings. The molecule has 0 spiro atoms.